The van der Waals surface area contributed by atoms with Gasteiger partial charge < -0.3 is 14.6 Å². The number of methoxy groups -OCH3 is 1. The summed E-state index contributed by atoms with van der Waals surface area (Å²) in [6.45, 7) is 2.16. The van der Waals surface area contributed by atoms with Crippen molar-refractivity contribution >= 4 is 5.97 Å². The first-order valence-corrected chi connectivity index (χ1v) is 7.23. The molecule has 4 nitrogen and oxygen atoms in total. The Balaban J connectivity index is 2.23. The molecule has 0 saturated heterocycles. The molecular weight excluding hydrogens is 256 g/mol. The molecule has 1 saturated carbocycles. The summed E-state index contributed by atoms with van der Waals surface area (Å²) in [5, 5.41) is 9.26. The Bertz CT molecular complexity index is 470. The fraction of sp³-hybridized carbons (Fsp3) is 0.562. The first kappa shape index (κ1) is 14.7. The minimum absolute atomic E-state index is 0.110. The van der Waals surface area contributed by atoms with Crippen LogP contribution < -0.4 is 9.47 Å². The van der Waals surface area contributed by atoms with Crippen LogP contribution in [0.25, 0.3) is 0 Å². The predicted molar refractivity (Wildman–Crippen MR) is 76.6 cm³/mol. The Morgan fingerprint density at radius 1 is 1.35 bits per heavy atom. The molecule has 2 unspecified atom stereocenters. The molecule has 1 aromatic rings. The van der Waals surface area contributed by atoms with E-state index in [1.165, 1.54) is 6.42 Å². The van der Waals surface area contributed by atoms with E-state index in [2.05, 4.69) is 6.92 Å². The van der Waals surface area contributed by atoms with Crippen LogP contribution in [0.5, 0.6) is 11.5 Å². The molecule has 0 aromatic heterocycles. The summed E-state index contributed by atoms with van der Waals surface area (Å²) < 4.78 is 11.2. The van der Waals surface area contributed by atoms with Crippen molar-refractivity contribution in [3.8, 4) is 11.5 Å². The van der Waals surface area contributed by atoms with Gasteiger partial charge in [0.1, 0.15) is 23.2 Å². The summed E-state index contributed by atoms with van der Waals surface area (Å²) in [5.41, 5.74) is 0.200. The summed E-state index contributed by atoms with van der Waals surface area (Å²) in [6.07, 6.45) is 5.72. The fourth-order valence-electron chi connectivity index (χ4n) is 2.86. The zero-order valence-corrected chi connectivity index (χ0v) is 12.1. The van der Waals surface area contributed by atoms with E-state index in [1.807, 2.05) is 0 Å². The van der Waals surface area contributed by atoms with Crippen LogP contribution in [-0.2, 0) is 0 Å². The molecule has 1 N–H and O–H groups in total. The summed E-state index contributed by atoms with van der Waals surface area (Å²) in [4.78, 5) is 11.3. The second-order valence-electron chi connectivity index (χ2n) is 5.28. The number of carboxylic acids is 1. The Labute approximate surface area is 119 Å². The molecule has 0 amide bonds. The molecule has 0 radical (unpaired) electrons. The van der Waals surface area contributed by atoms with Gasteiger partial charge in [-0.2, -0.15) is 0 Å². The third kappa shape index (κ3) is 3.24. The van der Waals surface area contributed by atoms with Gasteiger partial charge in [0.2, 0.25) is 0 Å². The smallest absolute Gasteiger partial charge is 0.339 e. The first-order chi connectivity index (χ1) is 9.65. The number of hydrogen-bond acceptors (Lipinski definition) is 3. The lowest BCUT2D eigenvalue weighted by molar-refractivity contribution is 0.0664. The molecule has 0 bridgehead atoms. The molecule has 110 valence electrons. The first-order valence-electron chi connectivity index (χ1n) is 7.23. The zero-order valence-electron chi connectivity index (χ0n) is 12.1. The van der Waals surface area contributed by atoms with Gasteiger partial charge in [-0.3, -0.25) is 0 Å². The van der Waals surface area contributed by atoms with Gasteiger partial charge in [0.05, 0.1) is 7.11 Å². The lowest BCUT2D eigenvalue weighted by Crippen LogP contribution is -2.30. The standard InChI is InChI=1S/C16H22O4/c1-3-11-6-4-5-7-14(11)20-15-10-12(19-2)8-9-13(15)16(17)18/h8-11,14H,3-7H2,1-2H3,(H,17,18). The Kier molecular flexibility index (Phi) is 4.88. The van der Waals surface area contributed by atoms with Crippen LogP contribution in [0.4, 0.5) is 0 Å². The highest BCUT2D eigenvalue weighted by Gasteiger charge is 2.26. The molecule has 1 aromatic carbocycles. The molecule has 1 aliphatic rings. The van der Waals surface area contributed by atoms with Crippen molar-refractivity contribution in [1.29, 1.82) is 0 Å². The Morgan fingerprint density at radius 2 is 2.10 bits per heavy atom. The van der Waals surface area contributed by atoms with E-state index in [1.54, 1.807) is 25.3 Å². The average molecular weight is 278 g/mol. The van der Waals surface area contributed by atoms with E-state index in [0.29, 0.717) is 17.4 Å². The average Bonchev–Trinajstić information content (AvgIpc) is 2.47. The van der Waals surface area contributed by atoms with Crippen LogP contribution in [0.2, 0.25) is 0 Å². The van der Waals surface area contributed by atoms with Gasteiger partial charge in [-0.25, -0.2) is 4.79 Å². The van der Waals surface area contributed by atoms with Gasteiger partial charge in [0, 0.05) is 6.07 Å². The van der Waals surface area contributed by atoms with Crippen LogP contribution in [-0.4, -0.2) is 24.3 Å². The number of rotatable bonds is 5. The maximum absolute atomic E-state index is 11.3. The highest BCUT2D eigenvalue weighted by molar-refractivity contribution is 5.91. The summed E-state index contributed by atoms with van der Waals surface area (Å²) in [6, 6.07) is 4.86. The number of aromatic carboxylic acids is 1. The van der Waals surface area contributed by atoms with Crippen molar-refractivity contribution in [2.75, 3.05) is 7.11 Å². The number of hydrogen-bond donors (Lipinski definition) is 1. The van der Waals surface area contributed by atoms with E-state index >= 15 is 0 Å². The van der Waals surface area contributed by atoms with E-state index < -0.39 is 5.97 Å². The van der Waals surface area contributed by atoms with Gasteiger partial charge in [-0.05, 0) is 43.7 Å². The second-order valence-corrected chi connectivity index (χ2v) is 5.28. The molecule has 0 spiro atoms. The molecule has 20 heavy (non-hydrogen) atoms. The van der Waals surface area contributed by atoms with Gasteiger partial charge >= 0.3 is 5.97 Å². The van der Waals surface area contributed by atoms with E-state index in [0.717, 1.165) is 25.7 Å². The topological polar surface area (TPSA) is 55.8 Å². The molecule has 0 heterocycles. The predicted octanol–water partition coefficient (Wildman–Crippen LogP) is 3.74. The second kappa shape index (κ2) is 6.64. The van der Waals surface area contributed by atoms with Crippen molar-refractivity contribution in [3.05, 3.63) is 23.8 Å². The normalized spacial score (nSPS) is 22.3. The molecular formula is C16H22O4. The van der Waals surface area contributed by atoms with Gasteiger partial charge in [-0.15, -0.1) is 0 Å². The minimum atomic E-state index is -0.966. The highest BCUT2D eigenvalue weighted by atomic mass is 16.5. The van der Waals surface area contributed by atoms with Crippen LogP contribution in [0.1, 0.15) is 49.4 Å². The fourth-order valence-corrected chi connectivity index (χ4v) is 2.86. The summed E-state index contributed by atoms with van der Waals surface area (Å²) in [7, 11) is 1.56. The monoisotopic (exact) mass is 278 g/mol. The van der Waals surface area contributed by atoms with E-state index in [4.69, 9.17) is 9.47 Å². The lowest BCUT2D eigenvalue weighted by atomic mass is 9.84. The molecule has 2 rings (SSSR count). The number of benzene rings is 1. The number of carboxylic acid groups (broad SMARTS) is 1. The third-order valence-electron chi connectivity index (χ3n) is 4.06. The van der Waals surface area contributed by atoms with Crippen molar-refractivity contribution in [2.24, 2.45) is 5.92 Å². The van der Waals surface area contributed by atoms with E-state index in [-0.39, 0.29) is 11.7 Å². The van der Waals surface area contributed by atoms with Crippen LogP contribution >= 0.6 is 0 Å². The van der Waals surface area contributed by atoms with Crippen LogP contribution in [0.15, 0.2) is 18.2 Å². The third-order valence-corrected chi connectivity index (χ3v) is 4.06. The van der Waals surface area contributed by atoms with Gasteiger partial charge in [-0.1, -0.05) is 13.3 Å². The molecule has 1 aliphatic carbocycles. The zero-order chi connectivity index (χ0) is 14.5. The maximum Gasteiger partial charge on any atom is 0.339 e. The van der Waals surface area contributed by atoms with Crippen LogP contribution in [0, 0.1) is 5.92 Å². The maximum atomic E-state index is 11.3. The molecule has 1 fully saturated rings. The number of carbonyl (C=O) groups is 1. The summed E-state index contributed by atoms with van der Waals surface area (Å²) in [5.74, 6) is 0.583. The highest BCUT2D eigenvalue weighted by Crippen LogP contribution is 2.33. The van der Waals surface area contributed by atoms with Crippen molar-refractivity contribution in [1.82, 2.24) is 0 Å². The van der Waals surface area contributed by atoms with Gasteiger partial charge in [0.25, 0.3) is 0 Å². The quantitative estimate of drug-likeness (QED) is 0.891. The molecule has 2 atom stereocenters. The summed E-state index contributed by atoms with van der Waals surface area (Å²) >= 11 is 0. The molecule has 4 heteroatoms. The van der Waals surface area contributed by atoms with Crippen LogP contribution in [0.3, 0.4) is 0 Å². The minimum Gasteiger partial charge on any atom is -0.497 e. The van der Waals surface area contributed by atoms with Crippen molar-refractivity contribution in [3.63, 3.8) is 0 Å². The SMILES string of the molecule is CCC1CCCCC1Oc1cc(OC)ccc1C(=O)O. The van der Waals surface area contributed by atoms with Crippen molar-refractivity contribution in [2.45, 2.75) is 45.1 Å². The lowest BCUT2D eigenvalue weighted by Gasteiger charge is -2.31. The number of ether oxygens (including phenoxy) is 2. The van der Waals surface area contributed by atoms with Gasteiger partial charge in [0.15, 0.2) is 0 Å². The Hall–Kier alpha value is -1.71. The largest absolute Gasteiger partial charge is 0.497 e. The Morgan fingerprint density at radius 3 is 2.75 bits per heavy atom. The van der Waals surface area contributed by atoms with E-state index in [9.17, 15) is 9.90 Å². The molecule has 0 aliphatic heterocycles. The van der Waals surface area contributed by atoms with Crippen molar-refractivity contribution < 1.29 is 19.4 Å².